The summed E-state index contributed by atoms with van der Waals surface area (Å²) in [5.41, 5.74) is 0.784. The summed E-state index contributed by atoms with van der Waals surface area (Å²) in [6, 6.07) is 4.46. The second kappa shape index (κ2) is 6.37. The summed E-state index contributed by atoms with van der Waals surface area (Å²) in [6.45, 7) is 1.57. The third-order valence-electron chi connectivity index (χ3n) is 3.05. The molecule has 1 atom stereocenters. The van der Waals surface area contributed by atoms with E-state index in [1.165, 1.54) is 14.0 Å². The second-order valence-electron chi connectivity index (χ2n) is 4.56. The lowest BCUT2D eigenvalue weighted by atomic mass is 10.2. The summed E-state index contributed by atoms with van der Waals surface area (Å²) in [5.74, 6) is -0.821. The number of methoxy groups -OCH3 is 1. The molecule has 2 aromatic rings. The predicted molar refractivity (Wildman–Crippen MR) is 81.6 cm³/mol. The lowest BCUT2D eigenvalue weighted by molar-refractivity contribution is -0.145. The zero-order valence-electron chi connectivity index (χ0n) is 11.5. The number of ether oxygens (including phenoxy) is 1. The van der Waals surface area contributed by atoms with Crippen molar-refractivity contribution in [3.05, 3.63) is 34.4 Å². The molecule has 7 heteroatoms. The largest absolute Gasteiger partial charge is 0.467 e. The number of rotatable bonds is 4. The van der Waals surface area contributed by atoms with Gasteiger partial charge in [0.2, 0.25) is 5.91 Å². The van der Waals surface area contributed by atoms with Gasteiger partial charge in [-0.05, 0) is 18.2 Å². The third-order valence-corrected chi connectivity index (χ3v) is 3.58. The Morgan fingerprint density at radius 1 is 1.38 bits per heavy atom. The topological polar surface area (TPSA) is 60.3 Å². The second-order valence-corrected chi connectivity index (χ2v) is 5.41. The van der Waals surface area contributed by atoms with Gasteiger partial charge in [0.1, 0.15) is 6.04 Å². The molecule has 0 saturated carbocycles. The molecule has 1 unspecified atom stereocenters. The Balaban J connectivity index is 2.36. The van der Waals surface area contributed by atoms with Crippen LogP contribution < -0.4 is 5.32 Å². The van der Waals surface area contributed by atoms with Crippen molar-refractivity contribution < 1.29 is 14.3 Å². The molecule has 1 heterocycles. The van der Waals surface area contributed by atoms with Gasteiger partial charge in [-0.3, -0.25) is 4.79 Å². The molecule has 2 rings (SSSR count). The maximum Gasteiger partial charge on any atom is 0.330 e. The molecule has 112 valence electrons. The third kappa shape index (κ3) is 3.49. The molecule has 1 amide bonds. The lowest BCUT2D eigenvalue weighted by Gasteiger charge is -2.17. The highest BCUT2D eigenvalue weighted by atomic mass is 35.5. The van der Waals surface area contributed by atoms with E-state index in [1.54, 1.807) is 22.9 Å². The van der Waals surface area contributed by atoms with E-state index in [0.717, 1.165) is 10.9 Å². The summed E-state index contributed by atoms with van der Waals surface area (Å²) in [5, 5.41) is 4.42. The van der Waals surface area contributed by atoms with Crippen LogP contribution in [0.15, 0.2) is 24.4 Å². The van der Waals surface area contributed by atoms with Gasteiger partial charge in [-0.25, -0.2) is 4.79 Å². The predicted octanol–water partition coefficient (Wildman–Crippen LogP) is 2.63. The van der Waals surface area contributed by atoms with Crippen LogP contribution in [-0.2, 0) is 20.9 Å². The minimum Gasteiger partial charge on any atom is -0.467 e. The van der Waals surface area contributed by atoms with Crippen molar-refractivity contribution in [2.24, 2.45) is 0 Å². The van der Waals surface area contributed by atoms with Crippen LogP contribution in [0.3, 0.4) is 0 Å². The zero-order chi connectivity index (χ0) is 15.6. The first-order valence-corrected chi connectivity index (χ1v) is 6.96. The summed E-state index contributed by atoms with van der Waals surface area (Å²) < 4.78 is 6.50. The summed E-state index contributed by atoms with van der Waals surface area (Å²) >= 11 is 12.1. The van der Waals surface area contributed by atoms with Gasteiger partial charge in [0, 0.05) is 23.5 Å². The molecule has 1 N–H and O–H groups in total. The van der Waals surface area contributed by atoms with Crippen LogP contribution in [0.4, 0.5) is 0 Å². The van der Waals surface area contributed by atoms with Crippen molar-refractivity contribution in [3.8, 4) is 0 Å². The van der Waals surface area contributed by atoms with E-state index in [9.17, 15) is 9.59 Å². The molecule has 0 saturated heterocycles. The monoisotopic (exact) mass is 328 g/mol. The highest BCUT2D eigenvalue weighted by Crippen LogP contribution is 2.28. The average Bonchev–Trinajstić information content (AvgIpc) is 2.80. The Hall–Kier alpha value is -1.72. The SMILES string of the molecule is COC(=O)C(Cn1ccc2c(Cl)cc(Cl)cc21)NC(C)=O. The number of esters is 1. The van der Waals surface area contributed by atoms with Gasteiger partial charge >= 0.3 is 5.97 Å². The highest BCUT2D eigenvalue weighted by molar-refractivity contribution is 6.38. The van der Waals surface area contributed by atoms with Crippen molar-refractivity contribution in [3.63, 3.8) is 0 Å². The number of carbonyl (C=O) groups excluding carboxylic acids is 2. The normalized spacial score (nSPS) is 12.2. The molecule has 0 aliphatic carbocycles. The number of halogens is 2. The van der Waals surface area contributed by atoms with E-state index in [2.05, 4.69) is 5.32 Å². The fourth-order valence-corrected chi connectivity index (χ4v) is 2.69. The molecule has 0 fully saturated rings. The number of hydrogen-bond donors (Lipinski definition) is 1. The number of benzene rings is 1. The molecule has 0 radical (unpaired) electrons. The standard InChI is InChI=1S/C14H14Cl2N2O3/c1-8(19)17-12(14(20)21-2)7-18-4-3-10-11(16)5-9(15)6-13(10)18/h3-6,12H,7H2,1-2H3,(H,17,19). The van der Waals surface area contributed by atoms with E-state index in [-0.39, 0.29) is 12.5 Å². The fourth-order valence-electron chi connectivity index (χ4n) is 2.14. The van der Waals surface area contributed by atoms with Crippen LogP contribution >= 0.6 is 23.2 Å². The van der Waals surface area contributed by atoms with Crippen molar-refractivity contribution in [1.82, 2.24) is 9.88 Å². The van der Waals surface area contributed by atoms with Gasteiger partial charge in [-0.15, -0.1) is 0 Å². The van der Waals surface area contributed by atoms with Crippen LogP contribution in [-0.4, -0.2) is 29.6 Å². The van der Waals surface area contributed by atoms with Gasteiger partial charge < -0.3 is 14.6 Å². The molecular weight excluding hydrogens is 315 g/mol. The maximum atomic E-state index is 11.7. The molecule has 1 aromatic carbocycles. The van der Waals surface area contributed by atoms with E-state index in [4.69, 9.17) is 27.9 Å². The van der Waals surface area contributed by atoms with Crippen LogP contribution in [0.25, 0.3) is 10.9 Å². The summed E-state index contributed by atoms with van der Waals surface area (Å²) in [4.78, 5) is 22.9. The number of fused-ring (bicyclic) bond motifs is 1. The van der Waals surface area contributed by atoms with Crippen LogP contribution in [0.1, 0.15) is 6.92 Å². The van der Waals surface area contributed by atoms with Crippen molar-refractivity contribution in [2.45, 2.75) is 19.5 Å². The number of carbonyl (C=O) groups is 2. The smallest absolute Gasteiger partial charge is 0.330 e. The number of hydrogen-bond acceptors (Lipinski definition) is 3. The van der Waals surface area contributed by atoms with Gasteiger partial charge in [0.05, 0.1) is 24.2 Å². The Bertz CT molecular complexity index is 697. The Kier molecular flexibility index (Phi) is 4.75. The molecule has 1 aromatic heterocycles. The van der Waals surface area contributed by atoms with Crippen LogP contribution in [0, 0.1) is 0 Å². The maximum absolute atomic E-state index is 11.7. The summed E-state index contributed by atoms with van der Waals surface area (Å²) in [6.07, 6.45) is 1.78. The molecular formula is C14H14Cl2N2O3. The highest BCUT2D eigenvalue weighted by Gasteiger charge is 2.21. The average molecular weight is 329 g/mol. The molecule has 21 heavy (non-hydrogen) atoms. The van der Waals surface area contributed by atoms with E-state index < -0.39 is 12.0 Å². The van der Waals surface area contributed by atoms with Crippen LogP contribution in [0.2, 0.25) is 10.0 Å². The lowest BCUT2D eigenvalue weighted by Crippen LogP contribution is -2.43. The Morgan fingerprint density at radius 2 is 2.10 bits per heavy atom. The molecule has 5 nitrogen and oxygen atoms in total. The number of nitrogens with one attached hydrogen (secondary N) is 1. The minimum absolute atomic E-state index is 0.229. The first kappa shape index (κ1) is 15.7. The first-order chi connectivity index (χ1) is 9.92. The Morgan fingerprint density at radius 3 is 2.71 bits per heavy atom. The van der Waals surface area contributed by atoms with E-state index in [1.807, 2.05) is 6.07 Å². The first-order valence-electron chi connectivity index (χ1n) is 6.21. The van der Waals surface area contributed by atoms with Gasteiger partial charge in [0.15, 0.2) is 0 Å². The number of amides is 1. The number of nitrogens with zero attached hydrogens (tertiary/aromatic N) is 1. The molecule has 0 spiro atoms. The van der Waals surface area contributed by atoms with Gasteiger partial charge in [-0.1, -0.05) is 23.2 Å². The van der Waals surface area contributed by atoms with Crippen molar-refractivity contribution >= 4 is 46.0 Å². The molecule has 0 aliphatic heterocycles. The van der Waals surface area contributed by atoms with E-state index in [0.29, 0.717) is 10.0 Å². The van der Waals surface area contributed by atoms with Gasteiger partial charge in [0.25, 0.3) is 0 Å². The number of aromatic nitrogens is 1. The zero-order valence-corrected chi connectivity index (χ0v) is 13.0. The molecule has 0 bridgehead atoms. The van der Waals surface area contributed by atoms with Crippen molar-refractivity contribution in [2.75, 3.05) is 7.11 Å². The van der Waals surface area contributed by atoms with Crippen molar-refractivity contribution in [1.29, 1.82) is 0 Å². The summed E-state index contributed by atoms with van der Waals surface area (Å²) in [7, 11) is 1.28. The quantitative estimate of drug-likeness (QED) is 0.877. The fraction of sp³-hybridized carbons (Fsp3) is 0.286. The van der Waals surface area contributed by atoms with Gasteiger partial charge in [-0.2, -0.15) is 0 Å². The Labute approximate surface area is 131 Å². The van der Waals surface area contributed by atoms with E-state index >= 15 is 0 Å². The molecule has 0 aliphatic rings. The minimum atomic E-state index is -0.777. The van der Waals surface area contributed by atoms with Crippen LogP contribution in [0.5, 0.6) is 0 Å².